The van der Waals surface area contributed by atoms with Gasteiger partial charge in [-0.2, -0.15) is 17.0 Å². The second-order valence-corrected chi connectivity index (χ2v) is 7.21. The van der Waals surface area contributed by atoms with E-state index >= 15 is 0 Å². The standard InChI is InChI=1S/C10H19BrN2O2S/c11-8-10-4-3-7-13(9-10)16(14,15)12-5-1-2-6-12/h10H,1-9H2. The molecule has 0 spiro atoms. The lowest BCUT2D eigenvalue weighted by Crippen LogP contribution is -2.47. The zero-order chi connectivity index (χ0) is 11.6. The molecular formula is C10H19BrN2O2S. The Morgan fingerprint density at radius 3 is 2.31 bits per heavy atom. The first-order valence-electron chi connectivity index (χ1n) is 5.96. The van der Waals surface area contributed by atoms with Gasteiger partial charge in [-0.1, -0.05) is 15.9 Å². The van der Waals surface area contributed by atoms with Crippen LogP contribution < -0.4 is 0 Å². The molecule has 0 radical (unpaired) electrons. The summed E-state index contributed by atoms with van der Waals surface area (Å²) in [5.41, 5.74) is 0. The monoisotopic (exact) mass is 310 g/mol. The average molecular weight is 311 g/mol. The molecule has 6 heteroatoms. The van der Waals surface area contributed by atoms with Crippen LogP contribution in [0.1, 0.15) is 25.7 Å². The predicted octanol–water partition coefficient (Wildman–Crippen LogP) is 1.43. The number of hydrogen-bond acceptors (Lipinski definition) is 2. The minimum atomic E-state index is -3.16. The van der Waals surface area contributed by atoms with Crippen LogP contribution in [-0.4, -0.2) is 48.5 Å². The van der Waals surface area contributed by atoms with Gasteiger partial charge in [-0.05, 0) is 31.6 Å². The molecule has 0 amide bonds. The molecule has 0 aromatic heterocycles. The van der Waals surface area contributed by atoms with Crippen molar-refractivity contribution >= 4 is 26.1 Å². The maximum absolute atomic E-state index is 12.3. The third kappa shape index (κ3) is 2.60. The van der Waals surface area contributed by atoms with Crippen LogP contribution in [0.4, 0.5) is 0 Å². The molecule has 2 saturated heterocycles. The third-order valence-corrected chi connectivity index (χ3v) is 6.34. The fourth-order valence-electron chi connectivity index (χ4n) is 2.44. The minimum Gasteiger partial charge on any atom is -0.195 e. The van der Waals surface area contributed by atoms with Crippen LogP contribution >= 0.6 is 15.9 Å². The summed E-state index contributed by atoms with van der Waals surface area (Å²) in [6.07, 6.45) is 4.14. The van der Waals surface area contributed by atoms with Crippen LogP contribution in [0.2, 0.25) is 0 Å². The molecule has 4 nitrogen and oxygen atoms in total. The Kier molecular flexibility index (Phi) is 4.26. The molecule has 1 unspecified atom stereocenters. The van der Waals surface area contributed by atoms with E-state index < -0.39 is 10.2 Å². The van der Waals surface area contributed by atoms with Crippen molar-refractivity contribution in [3.05, 3.63) is 0 Å². The second kappa shape index (κ2) is 5.33. The van der Waals surface area contributed by atoms with Crippen LogP contribution in [-0.2, 0) is 10.2 Å². The van der Waals surface area contributed by atoms with Gasteiger partial charge in [-0.25, -0.2) is 0 Å². The quantitative estimate of drug-likeness (QED) is 0.740. The van der Waals surface area contributed by atoms with Gasteiger partial charge in [0, 0.05) is 31.5 Å². The molecule has 0 N–H and O–H groups in total. The van der Waals surface area contributed by atoms with Crippen LogP contribution in [0.3, 0.4) is 0 Å². The summed E-state index contributed by atoms with van der Waals surface area (Å²) in [7, 11) is -3.16. The molecular weight excluding hydrogens is 292 g/mol. The Morgan fingerprint density at radius 1 is 1.06 bits per heavy atom. The number of hydrogen-bond donors (Lipinski definition) is 0. The van der Waals surface area contributed by atoms with Gasteiger partial charge in [0.2, 0.25) is 0 Å². The van der Waals surface area contributed by atoms with Crippen molar-refractivity contribution in [1.82, 2.24) is 8.61 Å². The van der Waals surface area contributed by atoms with Gasteiger partial charge in [0.05, 0.1) is 0 Å². The van der Waals surface area contributed by atoms with Crippen molar-refractivity contribution in [2.75, 3.05) is 31.5 Å². The molecule has 16 heavy (non-hydrogen) atoms. The number of piperidine rings is 1. The van der Waals surface area contributed by atoms with Gasteiger partial charge in [0.25, 0.3) is 10.2 Å². The molecule has 0 aliphatic carbocycles. The molecule has 94 valence electrons. The van der Waals surface area contributed by atoms with Gasteiger partial charge < -0.3 is 0 Å². The largest absolute Gasteiger partial charge is 0.281 e. The van der Waals surface area contributed by atoms with E-state index in [0.717, 1.165) is 31.0 Å². The number of alkyl halides is 1. The highest BCUT2D eigenvalue weighted by Gasteiger charge is 2.34. The third-order valence-electron chi connectivity index (χ3n) is 3.42. The Hall–Kier alpha value is 0.350. The van der Waals surface area contributed by atoms with E-state index in [-0.39, 0.29) is 0 Å². The molecule has 0 aromatic rings. The summed E-state index contributed by atoms with van der Waals surface area (Å²) >= 11 is 3.45. The second-order valence-electron chi connectivity index (χ2n) is 4.63. The van der Waals surface area contributed by atoms with Gasteiger partial charge in [-0.15, -0.1) is 0 Å². The molecule has 2 rings (SSSR count). The number of halogens is 1. The molecule has 2 aliphatic heterocycles. The van der Waals surface area contributed by atoms with E-state index in [1.165, 1.54) is 0 Å². The van der Waals surface area contributed by atoms with E-state index in [9.17, 15) is 8.42 Å². The Labute approximate surface area is 106 Å². The van der Waals surface area contributed by atoms with Crippen molar-refractivity contribution < 1.29 is 8.42 Å². The summed E-state index contributed by atoms with van der Waals surface area (Å²) in [6, 6.07) is 0. The summed E-state index contributed by atoms with van der Waals surface area (Å²) in [4.78, 5) is 0. The first-order valence-corrected chi connectivity index (χ1v) is 8.47. The van der Waals surface area contributed by atoms with Crippen molar-refractivity contribution in [2.24, 2.45) is 5.92 Å². The lowest BCUT2D eigenvalue weighted by molar-refractivity contribution is 0.267. The molecule has 0 bridgehead atoms. The van der Waals surface area contributed by atoms with E-state index in [2.05, 4.69) is 15.9 Å². The van der Waals surface area contributed by atoms with E-state index in [4.69, 9.17) is 0 Å². The highest BCUT2D eigenvalue weighted by molar-refractivity contribution is 9.09. The number of rotatable bonds is 3. The Balaban J connectivity index is 2.04. The van der Waals surface area contributed by atoms with Gasteiger partial charge in [0.1, 0.15) is 0 Å². The van der Waals surface area contributed by atoms with Crippen molar-refractivity contribution in [3.63, 3.8) is 0 Å². The van der Waals surface area contributed by atoms with E-state index in [0.29, 0.717) is 32.1 Å². The smallest absolute Gasteiger partial charge is 0.195 e. The maximum Gasteiger partial charge on any atom is 0.281 e. The zero-order valence-electron chi connectivity index (χ0n) is 9.44. The molecule has 2 heterocycles. The minimum absolute atomic E-state index is 0.478. The molecule has 2 fully saturated rings. The lowest BCUT2D eigenvalue weighted by atomic mass is 10.0. The summed E-state index contributed by atoms with van der Waals surface area (Å²) in [6.45, 7) is 2.79. The average Bonchev–Trinajstić information content (AvgIpc) is 2.83. The summed E-state index contributed by atoms with van der Waals surface area (Å²) < 4.78 is 27.9. The molecule has 0 aromatic carbocycles. The summed E-state index contributed by atoms with van der Waals surface area (Å²) in [5, 5.41) is 0.902. The maximum atomic E-state index is 12.3. The topological polar surface area (TPSA) is 40.6 Å². The molecule has 1 atom stereocenters. The number of nitrogens with zero attached hydrogens (tertiary/aromatic N) is 2. The summed E-state index contributed by atoms with van der Waals surface area (Å²) in [5.74, 6) is 0.478. The molecule has 0 saturated carbocycles. The van der Waals surface area contributed by atoms with Crippen LogP contribution in [0.15, 0.2) is 0 Å². The van der Waals surface area contributed by atoms with E-state index in [1.807, 2.05) is 0 Å². The fourth-order valence-corrected chi connectivity index (χ4v) is 4.78. The first kappa shape index (κ1) is 12.8. The lowest BCUT2D eigenvalue weighted by Gasteiger charge is -2.33. The van der Waals surface area contributed by atoms with Crippen LogP contribution in [0, 0.1) is 5.92 Å². The van der Waals surface area contributed by atoms with Gasteiger partial charge in [-0.3, -0.25) is 0 Å². The molecule has 2 aliphatic rings. The van der Waals surface area contributed by atoms with Crippen molar-refractivity contribution in [2.45, 2.75) is 25.7 Å². The normalized spacial score (nSPS) is 29.7. The Morgan fingerprint density at radius 2 is 1.69 bits per heavy atom. The fraction of sp³-hybridized carbons (Fsp3) is 1.00. The van der Waals surface area contributed by atoms with Gasteiger partial charge in [0.15, 0.2) is 0 Å². The van der Waals surface area contributed by atoms with Crippen molar-refractivity contribution in [3.8, 4) is 0 Å². The van der Waals surface area contributed by atoms with Crippen molar-refractivity contribution in [1.29, 1.82) is 0 Å². The predicted molar refractivity (Wildman–Crippen MR) is 67.8 cm³/mol. The highest BCUT2D eigenvalue weighted by atomic mass is 79.9. The first-order chi connectivity index (χ1) is 7.64. The Bertz CT molecular complexity index is 328. The zero-order valence-corrected chi connectivity index (χ0v) is 11.8. The highest BCUT2D eigenvalue weighted by Crippen LogP contribution is 2.24. The van der Waals surface area contributed by atoms with E-state index in [1.54, 1.807) is 8.61 Å². The van der Waals surface area contributed by atoms with Gasteiger partial charge >= 0.3 is 0 Å². The van der Waals surface area contributed by atoms with Crippen LogP contribution in [0.5, 0.6) is 0 Å². The SMILES string of the molecule is O=S(=O)(N1CCCC1)N1CCCC(CBr)C1. The van der Waals surface area contributed by atoms with Crippen LogP contribution in [0.25, 0.3) is 0 Å².